The molecular weight excluding hydrogens is 342 g/mol. The monoisotopic (exact) mass is 367 g/mol. The average molecular weight is 368 g/mol. The van der Waals surface area contributed by atoms with Crippen molar-refractivity contribution in [1.82, 2.24) is 15.2 Å². The average Bonchev–Trinajstić information content (AvgIpc) is 3.29. The number of carbonyl (C=O) groups excluding carboxylic acids is 2. The van der Waals surface area contributed by atoms with Crippen molar-refractivity contribution in [3.8, 4) is 0 Å². The fourth-order valence-corrected chi connectivity index (χ4v) is 5.26. The Kier molecular flexibility index (Phi) is 6.16. The van der Waals surface area contributed by atoms with Crippen LogP contribution in [0, 0.1) is 5.92 Å². The van der Waals surface area contributed by atoms with Gasteiger partial charge in [0.2, 0.25) is 11.8 Å². The van der Waals surface area contributed by atoms with Crippen LogP contribution in [-0.4, -0.2) is 39.4 Å². The molecule has 2 heterocycles. The van der Waals surface area contributed by atoms with Gasteiger partial charge in [0.15, 0.2) is 0 Å². The summed E-state index contributed by atoms with van der Waals surface area (Å²) in [6.07, 6.45) is 6.38. The highest BCUT2D eigenvalue weighted by molar-refractivity contribution is 7.99. The van der Waals surface area contributed by atoms with E-state index in [1.54, 1.807) is 28.0 Å². The summed E-state index contributed by atoms with van der Waals surface area (Å²) < 4.78 is 0. The number of thioether (sulfide) groups is 1. The predicted octanol–water partition coefficient (Wildman–Crippen LogP) is 2.80. The fraction of sp³-hybridized carbons (Fsp3) is 0.706. The van der Waals surface area contributed by atoms with Gasteiger partial charge in [-0.3, -0.25) is 9.59 Å². The first-order valence-corrected chi connectivity index (χ1v) is 10.8. The van der Waals surface area contributed by atoms with Crippen LogP contribution in [0.1, 0.15) is 49.7 Å². The first-order valence-electron chi connectivity index (χ1n) is 8.78. The van der Waals surface area contributed by atoms with Gasteiger partial charge in [0, 0.05) is 17.1 Å². The molecule has 0 bridgehead atoms. The molecule has 1 aromatic heterocycles. The van der Waals surface area contributed by atoms with Crippen molar-refractivity contribution >= 4 is 34.9 Å². The number of nitrogens with one attached hydrogen (secondary N) is 1. The summed E-state index contributed by atoms with van der Waals surface area (Å²) in [5.41, 5.74) is 0.904. The number of thiazole rings is 1. The fourth-order valence-electron chi connectivity index (χ4n) is 3.35. The molecule has 0 radical (unpaired) electrons. The molecule has 1 atom stereocenters. The van der Waals surface area contributed by atoms with Gasteiger partial charge >= 0.3 is 0 Å². The topological polar surface area (TPSA) is 62.3 Å². The van der Waals surface area contributed by atoms with Crippen molar-refractivity contribution < 1.29 is 9.59 Å². The zero-order valence-corrected chi connectivity index (χ0v) is 15.8. The molecule has 2 amide bonds. The Morgan fingerprint density at radius 3 is 2.83 bits per heavy atom. The van der Waals surface area contributed by atoms with Crippen LogP contribution in [0.5, 0.6) is 0 Å². The summed E-state index contributed by atoms with van der Waals surface area (Å²) in [6.45, 7) is 2.52. The van der Waals surface area contributed by atoms with Crippen LogP contribution in [0.25, 0.3) is 0 Å². The molecule has 1 saturated carbocycles. The Balaban J connectivity index is 1.55. The molecule has 132 valence electrons. The second kappa shape index (κ2) is 8.34. The van der Waals surface area contributed by atoms with Crippen molar-refractivity contribution in [3.05, 3.63) is 16.1 Å². The molecule has 5 nitrogen and oxygen atoms in total. The van der Waals surface area contributed by atoms with E-state index >= 15 is 0 Å². The number of aryl methyl sites for hydroxylation is 1. The van der Waals surface area contributed by atoms with Gasteiger partial charge in [0.25, 0.3) is 0 Å². The number of hydrogen-bond donors (Lipinski definition) is 1. The lowest BCUT2D eigenvalue weighted by Gasteiger charge is -2.29. The zero-order chi connectivity index (χ0) is 16.9. The highest BCUT2D eigenvalue weighted by Crippen LogP contribution is 2.30. The molecule has 7 heteroatoms. The molecule has 2 fully saturated rings. The highest BCUT2D eigenvalue weighted by atomic mass is 32.2. The number of amides is 2. The van der Waals surface area contributed by atoms with Crippen LogP contribution in [0.2, 0.25) is 0 Å². The van der Waals surface area contributed by atoms with E-state index in [2.05, 4.69) is 17.2 Å². The lowest BCUT2D eigenvalue weighted by Crippen LogP contribution is -2.49. The summed E-state index contributed by atoms with van der Waals surface area (Å²) in [7, 11) is 0. The molecule has 1 aliphatic heterocycles. The number of hydrogen-bond acceptors (Lipinski definition) is 5. The smallest absolute Gasteiger partial charge is 0.244 e. The Morgan fingerprint density at radius 2 is 2.12 bits per heavy atom. The molecule has 3 rings (SSSR count). The summed E-state index contributed by atoms with van der Waals surface area (Å²) >= 11 is 3.30. The lowest BCUT2D eigenvalue weighted by molar-refractivity contribution is -0.142. The number of aromatic nitrogens is 1. The van der Waals surface area contributed by atoms with Gasteiger partial charge in [-0.1, -0.05) is 26.2 Å². The second-order valence-electron chi connectivity index (χ2n) is 6.46. The van der Waals surface area contributed by atoms with Crippen molar-refractivity contribution in [2.45, 2.75) is 58.0 Å². The summed E-state index contributed by atoms with van der Waals surface area (Å²) in [5.74, 6) is 1.60. The lowest BCUT2D eigenvalue weighted by atomic mass is 9.88. The van der Waals surface area contributed by atoms with E-state index in [9.17, 15) is 9.59 Å². The summed E-state index contributed by atoms with van der Waals surface area (Å²) in [4.78, 5) is 31.6. The second-order valence-corrected chi connectivity index (χ2v) is 8.41. The van der Waals surface area contributed by atoms with Crippen molar-refractivity contribution in [1.29, 1.82) is 0 Å². The molecule has 2 aliphatic rings. The number of carbonyl (C=O) groups is 2. The van der Waals surface area contributed by atoms with E-state index in [4.69, 9.17) is 0 Å². The molecule has 1 saturated heterocycles. The maximum Gasteiger partial charge on any atom is 0.244 e. The van der Waals surface area contributed by atoms with Crippen LogP contribution in [0.4, 0.5) is 0 Å². The Hall–Kier alpha value is -1.08. The largest absolute Gasteiger partial charge is 0.349 e. The van der Waals surface area contributed by atoms with Gasteiger partial charge in [0.05, 0.1) is 23.1 Å². The van der Waals surface area contributed by atoms with Crippen LogP contribution < -0.4 is 5.32 Å². The van der Waals surface area contributed by atoms with Crippen molar-refractivity contribution in [2.24, 2.45) is 5.92 Å². The molecule has 1 N–H and O–H groups in total. The van der Waals surface area contributed by atoms with E-state index < -0.39 is 0 Å². The van der Waals surface area contributed by atoms with Gasteiger partial charge in [-0.2, -0.15) is 0 Å². The highest BCUT2D eigenvalue weighted by Gasteiger charge is 2.37. The van der Waals surface area contributed by atoms with Crippen LogP contribution in [0.15, 0.2) is 5.38 Å². The van der Waals surface area contributed by atoms with E-state index in [0.29, 0.717) is 18.2 Å². The molecular formula is C17H25N3O2S2. The van der Waals surface area contributed by atoms with E-state index in [-0.39, 0.29) is 23.8 Å². The van der Waals surface area contributed by atoms with E-state index in [0.717, 1.165) is 42.8 Å². The van der Waals surface area contributed by atoms with Gasteiger partial charge < -0.3 is 10.2 Å². The molecule has 0 unspecified atom stereocenters. The standard InChI is InChI=1S/C17H25N3O2S2/c1-2-15-19-13(9-24-15)8-18-16(21)14-10-23-11-20(14)17(22)12-6-4-3-5-7-12/h9,12,14H,2-8,10-11H2,1H3,(H,18,21)/t14-/m1/s1. The predicted molar refractivity (Wildman–Crippen MR) is 97.9 cm³/mol. The van der Waals surface area contributed by atoms with Gasteiger partial charge in [0.1, 0.15) is 6.04 Å². The zero-order valence-electron chi connectivity index (χ0n) is 14.1. The third-order valence-corrected chi connectivity index (χ3v) is 6.82. The van der Waals surface area contributed by atoms with E-state index in [1.807, 2.05) is 5.38 Å². The van der Waals surface area contributed by atoms with Gasteiger partial charge in [-0.05, 0) is 19.3 Å². The van der Waals surface area contributed by atoms with Crippen molar-refractivity contribution in [2.75, 3.05) is 11.6 Å². The summed E-state index contributed by atoms with van der Waals surface area (Å²) in [6, 6.07) is -0.325. The van der Waals surface area contributed by atoms with Gasteiger partial charge in [-0.15, -0.1) is 23.1 Å². The third kappa shape index (κ3) is 4.11. The quantitative estimate of drug-likeness (QED) is 0.869. The van der Waals surface area contributed by atoms with E-state index in [1.165, 1.54) is 6.42 Å². The van der Waals surface area contributed by atoms with Crippen LogP contribution in [-0.2, 0) is 22.6 Å². The van der Waals surface area contributed by atoms with Crippen molar-refractivity contribution in [3.63, 3.8) is 0 Å². The third-order valence-electron chi connectivity index (χ3n) is 4.77. The molecule has 0 spiro atoms. The maximum absolute atomic E-state index is 12.8. The Labute approximate surface area is 151 Å². The first-order chi connectivity index (χ1) is 11.7. The molecule has 1 aliphatic carbocycles. The number of nitrogens with zero attached hydrogens (tertiary/aromatic N) is 2. The minimum atomic E-state index is -0.325. The Bertz CT molecular complexity index is 584. The Morgan fingerprint density at radius 1 is 1.33 bits per heavy atom. The van der Waals surface area contributed by atoms with Gasteiger partial charge in [-0.25, -0.2) is 4.98 Å². The minimum Gasteiger partial charge on any atom is -0.349 e. The normalized spacial score (nSPS) is 21.9. The number of rotatable bonds is 5. The SMILES string of the molecule is CCc1nc(CNC(=O)[C@H]2CSCN2C(=O)C2CCCCC2)cs1. The molecule has 0 aromatic carbocycles. The van der Waals surface area contributed by atoms with Crippen LogP contribution in [0.3, 0.4) is 0 Å². The van der Waals surface area contributed by atoms with Crippen LogP contribution >= 0.6 is 23.1 Å². The first kappa shape index (κ1) is 17.7. The maximum atomic E-state index is 12.8. The minimum absolute atomic E-state index is 0.0461. The summed E-state index contributed by atoms with van der Waals surface area (Å²) in [5, 5.41) is 6.05. The molecule has 1 aromatic rings. The molecule has 24 heavy (non-hydrogen) atoms.